The van der Waals surface area contributed by atoms with Crippen LogP contribution in [0.4, 0.5) is 0 Å². The van der Waals surface area contributed by atoms with Gasteiger partial charge < -0.3 is 16.4 Å². The molecule has 6 heteroatoms. The van der Waals surface area contributed by atoms with E-state index in [9.17, 15) is 4.79 Å². The molecule has 0 bridgehead atoms. The van der Waals surface area contributed by atoms with Gasteiger partial charge in [-0.2, -0.15) is 0 Å². The SMILES string of the molecule is CC(C)NC(=O)CCNC(N)=NCC1CCC1.I. The molecule has 0 saturated heterocycles. The Kier molecular flexibility index (Phi) is 9.13. The summed E-state index contributed by atoms with van der Waals surface area (Å²) < 4.78 is 0. The summed E-state index contributed by atoms with van der Waals surface area (Å²) in [4.78, 5) is 15.6. The first-order valence-corrected chi connectivity index (χ1v) is 6.41. The number of hydrogen-bond donors (Lipinski definition) is 3. The van der Waals surface area contributed by atoms with Crippen molar-refractivity contribution in [3.05, 3.63) is 0 Å². The smallest absolute Gasteiger partial charge is 0.221 e. The van der Waals surface area contributed by atoms with Crippen molar-refractivity contribution in [1.29, 1.82) is 0 Å². The number of guanidine groups is 1. The van der Waals surface area contributed by atoms with Crippen LogP contribution in [0.1, 0.15) is 39.5 Å². The molecular weight excluding hydrogens is 343 g/mol. The van der Waals surface area contributed by atoms with E-state index in [1.807, 2.05) is 13.8 Å². The third-order valence-electron chi connectivity index (χ3n) is 2.85. The molecule has 0 heterocycles. The van der Waals surface area contributed by atoms with Crippen LogP contribution in [-0.4, -0.2) is 31.0 Å². The maximum Gasteiger partial charge on any atom is 0.221 e. The maximum atomic E-state index is 11.3. The minimum Gasteiger partial charge on any atom is -0.370 e. The van der Waals surface area contributed by atoms with E-state index in [-0.39, 0.29) is 35.9 Å². The maximum absolute atomic E-state index is 11.3. The van der Waals surface area contributed by atoms with Crippen molar-refractivity contribution in [1.82, 2.24) is 10.6 Å². The quantitative estimate of drug-likeness (QED) is 0.375. The molecule has 0 aromatic heterocycles. The molecule has 1 saturated carbocycles. The Hall–Kier alpha value is -0.530. The highest BCUT2D eigenvalue weighted by Crippen LogP contribution is 2.26. The summed E-state index contributed by atoms with van der Waals surface area (Å²) in [6.07, 6.45) is 4.29. The number of amides is 1. The van der Waals surface area contributed by atoms with Crippen LogP contribution in [0.2, 0.25) is 0 Å². The number of aliphatic imine (C=N–C) groups is 1. The number of nitrogens with zero attached hydrogens (tertiary/aromatic N) is 1. The molecule has 106 valence electrons. The van der Waals surface area contributed by atoms with Crippen molar-refractivity contribution in [3.8, 4) is 0 Å². The van der Waals surface area contributed by atoms with Crippen molar-refractivity contribution >= 4 is 35.8 Å². The summed E-state index contributed by atoms with van der Waals surface area (Å²) >= 11 is 0. The van der Waals surface area contributed by atoms with Gasteiger partial charge in [0.25, 0.3) is 0 Å². The normalized spacial score (nSPS) is 15.8. The van der Waals surface area contributed by atoms with E-state index in [0.717, 1.165) is 12.5 Å². The third-order valence-corrected chi connectivity index (χ3v) is 2.85. The molecule has 18 heavy (non-hydrogen) atoms. The van der Waals surface area contributed by atoms with Crippen molar-refractivity contribution in [2.45, 2.75) is 45.6 Å². The van der Waals surface area contributed by atoms with Gasteiger partial charge in [0.2, 0.25) is 5.91 Å². The van der Waals surface area contributed by atoms with Crippen molar-refractivity contribution < 1.29 is 4.79 Å². The Bertz CT molecular complexity index is 277. The fraction of sp³-hybridized carbons (Fsp3) is 0.833. The van der Waals surface area contributed by atoms with Crippen LogP contribution in [0, 0.1) is 5.92 Å². The summed E-state index contributed by atoms with van der Waals surface area (Å²) in [5.41, 5.74) is 5.70. The first-order chi connectivity index (χ1) is 8.08. The average molecular weight is 368 g/mol. The summed E-state index contributed by atoms with van der Waals surface area (Å²) in [7, 11) is 0. The van der Waals surface area contributed by atoms with E-state index in [1.165, 1.54) is 19.3 Å². The van der Waals surface area contributed by atoms with Gasteiger partial charge in [-0.1, -0.05) is 6.42 Å². The molecule has 1 fully saturated rings. The van der Waals surface area contributed by atoms with Gasteiger partial charge in [0, 0.05) is 25.6 Å². The van der Waals surface area contributed by atoms with Crippen LogP contribution < -0.4 is 16.4 Å². The Morgan fingerprint density at radius 1 is 1.44 bits per heavy atom. The molecule has 1 rings (SSSR count). The zero-order valence-electron chi connectivity index (χ0n) is 11.2. The molecule has 1 amide bonds. The highest BCUT2D eigenvalue weighted by molar-refractivity contribution is 14.0. The van der Waals surface area contributed by atoms with E-state index in [4.69, 9.17) is 5.73 Å². The van der Waals surface area contributed by atoms with Gasteiger partial charge in [-0.15, -0.1) is 24.0 Å². The highest BCUT2D eigenvalue weighted by atomic mass is 127. The highest BCUT2D eigenvalue weighted by Gasteiger charge is 2.16. The number of hydrogen-bond acceptors (Lipinski definition) is 2. The predicted molar refractivity (Wildman–Crippen MR) is 85.1 cm³/mol. The Morgan fingerprint density at radius 3 is 2.61 bits per heavy atom. The van der Waals surface area contributed by atoms with Gasteiger partial charge in [-0.05, 0) is 32.6 Å². The lowest BCUT2D eigenvalue weighted by Gasteiger charge is -2.23. The Labute approximate surface area is 126 Å². The van der Waals surface area contributed by atoms with E-state index >= 15 is 0 Å². The standard InChI is InChI=1S/C12H24N4O.HI/c1-9(2)16-11(17)6-7-14-12(13)15-8-10-4-3-5-10;/h9-10H,3-8H2,1-2H3,(H,16,17)(H3,13,14,15);1H. The molecule has 0 radical (unpaired) electrons. The van der Waals surface area contributed by atoms with E-state index in [0.29, 0.717) is 18.9 Å². The summed E-state index contributed by atoms with van der Waals surface area (Å²) in [6, 6.07) is 0.187. The number of nitrogens with two attached hydrogens (primary N) is 1. The molecule has 0 aliphatic heterocycles. The zero-order valence-corrected chi connectivity index (χ0v) is 13.6. The molecule has 0 atom stereocenters. The second kappa shape index (κ2) is 9.41. The summed E-state index contributed by atoms with van der Waals surface area (Å²) in [5.74, 6) is 1.22. The second-order valence-electron chi connectivity index (χ2n) is 4.92. The first-order valence-electron chi connectivity index (χ1n) is 6.41. The number of rotatable bonds is 6. The van der Waals surface area contributed by atoms with Crippen LogP contribution in [-0.2, 0) is 4.79 Å². The van der Waals surface area contributed by atoms with Crippen LogP contribution in [0.25, 0.3) is 0 Å². The van der Waals surface area contributed by atoms with Crippen molar-refractivity contribution in [3.63, 3.8) is 0 Å². The largest absolute Gasteiger partial charge is 0.370 e. The number of carbonyl (C=O) groups excluding carboxylic acids is 1. The van der Waals surface area contributed by atoms with Gasteiger partial charge in [0.15, 0.2) is 5.96 Å². The molecular formula is C12H25IN4O. The van der Waals surface area contributed by atoms with Gasteiger partial charge in [-0.25, -0.2) is 0 Å². The second-order valence-corrected chi connectivity index (χ2v) is 4.92. The summed E-state index contributed by atoms with van der Waals surface area (Å²) in [6.45, 7) is 5.25. The van der Waals surface area contributed by atoms with E-state index in [2.05, 4.69) is 15.6 Å². The zero-order chi connectivity index (χ0) is 12.7. The van der Waals surface area contributed by atoms with Crippen molar-refractivity contribution in [2.75, 3.05) is 13.1 Å². The first kappa shape index (κ1) is 17.5. The lowest BCUT2D eigenvalue weighted by Crippen LogP contribution is -2.37. The minimum absolute atomic E-state index is 0. The molecule has 1 aliphatic rings. The van der Waals surface area contributed by atoms with Crippen LogP contribution in [0.15, 0.2) is 4.99 Å². The minimum atomic E-state index is 0. The van der Waals surface area contributed by atoms with Gasteiger partial charge in [0.05, 0.1) is 0 Å². The lowest BCUT2D eigenvalue weighted by molar-refractivity contribution is -0.121. The van der Waals surface area contributed by atoms with Gasteiger partial charge >= 0.3 is 0 Å². The fourth-order valence-corrected chi connectivity index (χ4v) is 1.66. The van der Waals surface area contributed by atoms with Gasteiger partial charge in [0.1, 0.15) is 0 Å². The predicted octanol–water partition coefficient (Wildman–Crippen LogP) is 1.22. The molecule has 0 spiro atoms. The van der Waals surface area contributed by atoms with Gasteiger partial charge in [-0.3, -0.25) is 9.79 Å². The molecule has 5 nitrogen and oxygen atoms in total. The molecule has 4 N–H and O–H groups in total. The molecule has 1 aliphatic carbocycles. The van der Waals surface area contributed by atoms with Crippen LogP contribution in [0.5, 0.6) is 0 Å². The topological polar surface area (TPSA) is 79.5 Å². The van der Waals surface area contributed by atoms with Crippen LogP contribution in [0.3, 0.4) is 0 Å². The Morgan fingerprint density at radius 2 is 2.11 bits per heavy atom. The third kappa shape index (κ3) is 7.73. The van der Waals surface area contributed by atoms with Crippen molar-refractivity contribution in [2.24, 2.45) is 16.6 Å². The lowest BCUT2D eigenvalue weighted by atomic mass is 9.86. The number of halogens is 1. The van der Waals surface area contributed by atoms with E-state index in [1.54, 1.807) is 0 Å². The number of nitrogens with one attached hydrogen (secondary N) is 2. The molecule has 0 unspecified atom stereocenters. The monoisotopic (exact) mass is 368 g/mol. The fourth-order valence-electron chi connectivity index (χ4n) is 1.66. The number of carbonyl (C=O) groups is 1. The summed E-state index contributed by atoms with van der Waals surface area (Å²) in [5, 5.41) is 5.78. The molecule has 0 aromatic rings. The van der Waals surface area contributed by atoms with E-state index < -0.39 is 0 Å². The Balaban J connectivity index is 0.00000289. The molecule has 0 aromatic carbocycles. The average Bonchev–Trinajstić information content (AvgIpc) is 2.13. The van der Waals surface area contributed by atoms with Crippen LogP contribution >= 0.6 is 24.0 Å².